The molecule has 1 fully saturated rings. The number of aromatic amines is 1. The van der Waals surface area contributed by atoms with Crippen LogP contribution in [0.4, 0.5) is 0 Å². The summed E-state index contributed by atoms with van der Waals surface area (Å²) in [6.07, 6.45) is 3.82. The molecule has 0 aliphatic heterocycles. The number of nitrogens with zero attached hydrogens (tertiary/aromatic N) is 2. The third-order valence-corrected chi connectivity index (χ3v) is 4.46. The quantitative estimate of drug-likeness (QED) is 0.896. The molecule has 2 unspecified atom stereocenters. The van der Waals surface area contributed by atoms with Gasteiger partial charge >= 0.3 is 0 Å². The van der Waals surface area contributed by atoms with Crippen LogP contribution in [-0.4, -0.2) is 45.8 Å². The SMILES string of the molecule is Cc1[nH]nc(C(C)C)c1C(=O)N(C)CC1CCCCC1O. The van der Waals surface area contributed by atoms with Crippen molar-refractivity contribution in [2.24, 2.45) is 5.92 Å². The molecule has 1 aliphatic carbocycles. The van der Waals surface area contributed by atoms with Crippen molar-refractivity contribution in [3.05, 3.63) is 17.0 Å². The number of H-pyrrole nitrogens is 1. The Labute approximate surface area is 126 Å². The summed E-state index contributed by atoms with van der Waals surface area (Å²) in [7, 11) is 1.82. The molecule has 1 amide bonds. The van der Waals surface area contributed by atoms with Crippen molar-refractivity contribution in [1.82, 2.24) is 15.1 Å². The Morgan fingerprint density at radius 3 is 2.71 bits per heavy atom. The molecule has 21 heavy (non-hydrogen) atoms. The second kappa shape index (κ2) is 6.60. The average Bonchev–Trinajstić information content (AvgIpc) is 2.82. The first-order valence-electron chi connectivity index (χ1n) is 7.90. The largest absolute Gasteiger partial charge is 0.393 e. The van der Waals surface area contributed by atoms with Gasteiger partial charge in [0.15, 0.2) is 0 Å². The predicted octanol–water partition coefficient (Wildman–Crippen LogP) is 2.46. The van der Waals surface area contributed by atoms with E-state index in [1.54, 1.807) is 4.90 Å². The number of aliphatic hydroxyl groups is 1. The van der Waals surface area contributed by atoms with E-state index in [0.29, 0.717) is 12.1 Å². The summed E-state index contributed by atoms with van der Waals surface area (Å²) in [6.45, 7) is 6.58. The molecule has 1 aromatic rings. The van der Waals surface area contributed by atoms with Gasteiger partial charge in [-0.05, 0) is 25.7 Å². The normalized spacial score (nSPS) is 22.6. The third kappa shape index (κ3) is 3.46. The molecule has 5 heteroatoms. The van der Waals surface area contributed by atoms with E-state index in [1.807, 2.05) is 27.8 Å². The summed E-state index contributed by atoms with van der Waals surface area (Å²) in [4.78, 5) is 14.5. The summed E-state index contributed by atoms with van der Waals surface area (Å²) in [5.41, 5.74) is 2.34. The second-order valence-electron chi connectivity index (χ2n) is 6.56. The van der Waals surface area contributed by atoms with Gasteiger partial charge in [-0.15, -0.1) is 0 Å². The zero-order valence-corrected chi connectivity index (χ0v) is 13.5. The number of aromatic nitrogens is 2. The van der Waals surface area contributed by atoms with E-state index in [-0.39, 0.29) is 23.8 Å². The molecule has 2 rings (SSSR count). The van der Waals surface area contributed by atoms with Gasteiger partial charge in [-0.2, -0.15) is 5.10 Å². The first-order valence-corrected chi connectivity index (χ1v) is 7.90. The summed E-state index contributed by atoms with van der Waals surface area (Å²) >= 11 is 0. The van der Waals surface area contributed by atoms with E-state index >= 15 is 0 Å². The molecule has 5 nitrogen and oxygen atoms in total. The summed E-state index contributed by atoms with van der Waals surface area (Å²) < 4.78 is 0. The number of aryl methyl sites for hydroxylation is 1. The van der Waals surface area contributed by atoms with Gasteiger partial charge in [-0.25, -0.2) is 0 Å². The van der Waals surface area contributed by atoms with Crippen molar-refractivity contribution < 1.29 is 9.90 Å². The molecule has 1 heterocycles. The maximum atomic E-state index is 12.7. The Morgan fingerprint density at radius 1 is 1.43 bits per heavy atom. The Morgan fingerprint density at radius 2 is 2.10 bits per heavy atom. The summed E-state index contributed by atoms with van der Waals surface area (Å²) in [5.74, 6) is 0.410. The predicted molar refractivity (Wildman–Crippen MR) is 82.3 cm³/mol. The highest BCUT2D eigenvalue weighted by molar-refractivity contribution is 5.96. The van der Waals surface area contributed by atoms with E-state index in [4.69, 9.17) is 0 Å². The molecule has 0 saturated heterocycles. The number of nitrogens with one attached hydrogen (secondary N) is 1. The Balaban J connectivity index is 2.10. The average molecular weight is 293 g/mol. The Hall–Kier alpha value is -1.36. The minimum atomic E-state index is -0.274. The van der Waals surface area contributed by atoms with Gasteiger partial charge in [0, 0.05) is 25.2 Å². The van der Waals surface area contributed by atoms with Crippen molar-refractivity contribution in [2.45, 2.75) is 58.5 Å². The Kier molecular flexibility index (Phi) is 5.04. The molecule has 1 aromatic heterocycles. The minimum Gasteiger partial charge on any atom is -0.393 e. The van der Waals surface area contributed by atoms with E-state index in [2.05, 4.69) is 10.2 Å². The van der Waals surface area contributed by atoms with Crippen LogP contribution in [0.1, 0.15) is 67.2 Å². The van der Waals surface area contributed by atoms with Gasteiger partial charge in [0.05, 0.1) is 17.4 Å². The molecule has 118 valence electrons. The number of amides is 1. The molecule has 1 aliphatic rings. The molecular formula is C16H27N3O2. The van der Waals surface area contributed by atoms with Gasteiger partial charge in [-0.3, -0.25) is 9.89 Å². The van der Waals surface area contributed by atoms with Crippen molar-refractivity contribution in [3.63, 3.8) is 0 Å². The van der Waals surface area contributed by atoms with E-state index in [1.165, 1.54) is 0 Å². The fourth-order valence-electron chi connectivity index (χ4n) is 3.16. The zero-order chi connectivity index (χ0) is 15.6. The number of hydrogen-bond acceptors (Lipinski definition) is 3. The lowest BCUT2D eigenvalue weighted by atomic mass is 9.86. The lowest BCUT2D eigenvalue weighted by Crippen LogP contribution is -2.38. The Bertz CT molecular complexity index is 496. The second-order valence-corrected chi connectivity index (χ2v) is 6.56. The van der Waals surface area contributed by atoms with E-state index in [9.17, 15) is 9.90 Å². The first kappa shape index (κ1) is 16.0. The summed E-state index contributed by atoms with van der Waals surface area (Å²) in [6, 6.07) is 0. The highest BCUT2D eigenvalue weighted by atomic mass is 16.3. The maximum absolute atomic E-state index is 12.7. The van der Waals surface area contributed by atoms with Crippen molar-refractivity contribution in [2.75, 3.05) is 13.6 Å². The third-order valence-electron chi connectivity index (χ3n) is 4.46. The zero-order valence-electron chi connectivity index (χ0n) is 13.5. The van der Waals surface area contributed by atoms with Crippen LogP contribution < -0.4 is 0 Å². The van der Waals surface area contributed by atoms with Gasteiger partial charge in [0.25, 0.3) is 5.91 Å². The van der Waals surface area contributed by atoms with Crippen molar-refractivity contribution in [3.8, 4) is 0 Å². The lowest BCUT2D eigenvalue weighted by molar-refractivity contribution is 0.0450. The van der Waals surface area contributed by atoms with Crippen LogP contribution >= 0.6 is 0 Å². The molecule has 2 N–H and O–H groups in total. The standard InChI is InChI=1S/C16H27N3O2/c1-10(2)15-14(11(3)17-18-15)16(21)19(4)9-12-7-5-6-8-13(12)20/h10,12-13,20H,5-9H2,1-4H3,(H,17,18). The summed E-state index contributed by atoms with van der Waals surface area (Å²) in [5, 5.41) is 17.2. The number of carbonyl (C=O) groups excluding carboxylic acids is 1. The highest BCUT2D eigenvalue weighted by Gasteiger charge is 2.28. The van der Waals surface area contributed by atoms with Gasteiger partial charge < -0.3 is 10.0 Å². The van der Waals surface area contributed by atoms with Crippen LogP contribution in [0.3, 0.4) is 0 Å². The van der Waals surface area contributed by atoms with E-state index in [0.717, 1.165) is 37.1 Å². The molecule has 0 spiro atoms. The fourth-order valence-corrected chi connectivity index (χ4v) is 3.16. The highest BCUT2D eigenvalue weighted by Crippen LogP contribution is 2.26. The van der Waals surface area contributed by atoms with Crippen LogP contribution in [0.5, 0.6) is 0 Å². The fraction of sp³-hybridized carbons (Fsp3) is 0.750. The minimum absolute atomic E-state index is 0.00252. The molecule has 1 saturated carbocycles. The molecular weight excluding hydrogens is 266 g/mol. The number of hydrogen-bond donors (Lipinski definition) is 2. The lowest BCUT2D eigenvalue weighted by Gasteiger charge is -2.31. The van der Waals surface area contributed by atoms with E-state index < -0.39 is 0 Å². The van der Waals surface area contributed by atoms with Gasteiger partial charge in [0.2, 0.25) is 0 Å². The monoisotopic (exact) mass is 293 g/mol. The van der Waals surface area contributed by atoms with Crippen LogP contribution in [0, 0.1) is 12.8 Å². The molecule has 0 aromatic carbocycles. The molecule has 0 radical (unpaired) electrons. The topological polar surface area (TPSA) is 69.2 Å². The van der Waals surface area contributed by atoms with Crippen LogP contribution in [0.25, 0.3) is 0 Å². The van der Waals surface area contributed by atoms with Gasteiger partial charge in [-0.1, -0.05) is 26.7 Å². The smallest absolute Gasteiger partial charge is 0.257 e. The van der Waals surface area contributed by atoms with Crippen LogP contribution in [0.15, 0.2) is 0 Å². The number of rotatable bonds is 4. The van der Waals surface area contributed by atoms with Crippen molar-refractivity contribution >= 4 is 5.91 Å². The maximum Gasteiger partial charge on any atom is 0.257 e. The van der Waals surface area contributed by atoms with Crippen LogP contribution in [-0.2, 0) is 0 Å². The van der Waals surface area contributed by atoms with Gasteiger partial charge in [0.1, 0.15) is 0 Å². The van der Waals surface area contributed by atoms with Crippen molar-refractivity contribution in [1.29, 1.82) is 0 Å². The molecule has 0 bridgehead atoms. The number of aliphatic hydroxyl groups excluding tert-OH is 1. The first-order chi connectivity index (χ1) is 9.91. The number of carbonyl (C=O) groups is 1. The van der Waals surface area contributed by atoms with Crippen LogP contribution in [0.2, 0.25) is 0 Å². The molecule has 2 atom stereocenters.